The van der Waals surface area contributed by atoms with Gasteiger partial charge in [0.1, 0.15) is 0 Å². The molecule has 0 fully saturated rings. The average molecular weight is 462 g/mol. The highest BCUT2D eigenvalue weighted by atomic mass is 32.2. The summed E-state index contributed by atoms with van der Waals surface area (Å²) in [6.07, 6.45) is -1.73. The maximum absolute atomic E-state index is 12.6. The van der Waals surface area contributed by atoms with Crippen molar-refractivity contribution in [2.24, 2.45) is 0 Å². The first-order chi connectivity index (χ1) is 15.1. The fourth-order valence-electron chi connectivity index (χ4n) is 3.52. The van der Waals surface area contributed by atoms with Crippen molar-refractivity contribution in [2.45, 2.75) is 33.0 Å². The zero-order chi connectivity index (χ0) is 23.0. The maximum Gasteiger partial charge on any atom is 0.314 e. The van der Waals surface area contributed by atoms with Gasteiger partial charge < -0.3 is 9.32 Å². The third-order valence-corrected chi connectivity index (χ3v) is 6.34. The second-order valence-electron chi connectivity index (χ2n) is 7.54. The van der Waals surface area contributed by atoms with E-state index in [1.807, 2.05) is 6.07 Å². The monoisotopic (exact) mass is 462 g/mol. The fourth-order valence-corrected chi connectivity index (χ4v) is 4.40. The van der Waals surface area contributed by atoms with Crippen molar-refractivity contribution in [3.8, 4) is 11.5 Å². The summed E-state index contributed by atoms with van der Waals surface area (Å²) in [5.41, 5.74) is 3.52. The van der Waals surface area contributed by atoms with Crippen molar-refractivity contribution in [3.63, 3.8) is 0 Å². The second kappa shape index (κ2) is 8.30. The van der Waals surface area contributed by atoms with E-state index in [0.29, 0.717) is 29.9 Å². The number of rotatable bonds is 6. The van der Waals surface area contributed by atoms with Gasteiger partial charge >= 0.3 is 6.43 Å². The fraction of sp³-hybridized carbons (Fsp3) is 0.286. The molecule has 8 nitrogen and oxygen atoms in total. The number of hydrogen-bond donors (Lipinski definition) is 0. The van der Waals surface area contributed by atoms with Crippen LogP contribution in [-0.4, -0.2) is 35.7 Å². The van der Waals surface area contributed by atoms with Crippen LogP contribution in [0.5, 0.6) is 0 Å². The molecule has 0 aliphatic carbocycles. The van der Waals surface area contributed by atoms with E-state index in [1.54, 1.807) is 41.3 Å². The topological polar surface area (TPSA) is 96.6 Å². The highest BCUT2D eigenvalue weighted by Gasteiger charge is 2.24. The molecule has 1 aromatic heterocycles. The maximum atomic E-state index is 12.6. The highest BCUT2D eigenvalue weighted by molar-refractivity contribution is 7.92. The van der Waals surface area contributed by atoms with E-state index in [4.69, 9.17) is 4.42 Å². The van der Waals surface area contributed by atoms with Gasteiger partial charge in [0.2, 0.25) is 21.8 Å². The lowest BCUT2D eigenvalue weighted by atomic mass is 10.1. The Morgan fingerprint density at radius 1 is 1.12 bits per heavy atom. The van der Waals surface area contributed by atoms with Gasteiger partial charge in [0.05, 0.1) is 18.5 Å². The molecule has 2 aromatic carbocycles. The van der Waals surface area contributed by atoms with Gasteiger partial charge in [-0.05, 0) is 41.0 Å². The van der Waals surface area contributed by atoms with Gasteiger partial charge in [-0.25, -0.2) is 8.42 Å². The molecule has 0 radical (unpaired) electrons. The van der Waals surface area contributed by atoms with E-state index in [-0.39, 0.29) is 18.3 Å². The van der Waals surface area contributed by atoms with Crippen LogP contribution in [0.15, 0.2) is 46.9 Å². The molecule has 4 rings (SSSR count). The predicted molar refractivity (Wildman–Crippen MR) is 112 cm³/mol. The quantitative estimate of drug-likeness (QED) is 0.556. The van der Waals surface area contributed by atoms with E-state index in [1.165, 1.54) is 11.2 Å². The molecule has 2 heterocycles. The van der Waals surface area contributed by atoms with Crippen molar-refractivity contribution in [1.29, 1.82) is 0 Å². The van der Waals surface area contributed by atoms with Gasteiger partial charge in [-0.2, -0.15) is 8.78 Å². The van der Waals surface area contributed by atoms with Crippen LogP contribution in [0, 0.1) is 0 Å². The van der Waals surface area contributed by atoms with Gasteiger partial charge in [-0.1, -0.05) is 18.2 Å². The molecule has 0 spiro atoms. The van der Waals surface area contributed by atoms with E-state index in [2.05, 4.69) is 10.2 Å². The summed E-state index contributed by atoms with van der Waals surface area (Å²) in [4.78, 5) is 13.4. The van der Waals surface area contributed by atoms with Crippen LogP contribution >= 0.6 is 0 Å². The first-order valence-electron chi connectivity index (χ1n) is 9.67. The van der Waals surface area contributed by atoms with Crippen molar-refractivity contribution >= 4 is 21.6 Å². The first kappa shape index (κ1) is 21.9. The number of carbonyl (C=O) groups is 1. The third kappa shape index (κ3) is 4.47. The number of anilines is 1. The molecule has 0 unspecified atom stereocenters. The van der Waals surface area contributed by atoms with Crippen molar-refractivity contribution in [1.82, 2.24) is 15.1 Å². The normalized spacial score (nSPS) is 13.5. The van der Waals surface area contributed by atoms with Crippen molar-refractivity contribution in [2.75, 3.05) is 10.6 Å². The number of carbonyl (C=O) groups excluding carboxylic acids is 1. The standard InChI is InChI=1S/C21H20F2N4O4S/c1-13(28)26-11-16-7-8-18(9-17(16)12-26)27(32(2,29)30)10-14-3-5-15(6-4-14)20-24-25-21(31-20)19(22)23/h3-9,19H,10-12H2,1-2H3. The second-order valence-corrected chi connectivity index (χ2v) is 9.45. The Kier molecular flexibility index (Phi) is 5.68. The van der Waals surface area contributed by atoms with Gasteiger partial charge in [0.15, 0.2) is 0 Å². The molecular formula is C21H20F2N4O4S. The minimum absolute atomic E-state index is 0.0373. The molecule has 0 saturated heterocycles. The Bertz CT molecular complexity index is 1260. The molecule has 3 aromatic rings. The number of alkyl halides is 2. The van der Waals surface area contributed by atoms with Gasteiger partial charge in [0.25, 0.3) is 5.89 Å². The SMILES string of the molecule is CC(=O)N1Cc2ccc(N(Cc3ccc(-c4nnc(C(F)F)o4)cc3)S(C)(=O)=O)cc2C1. The molecule has 11 heteroatoms. The molecular weight excluding hydrogens is 442 g/mol. The first-order valence-corrected chi connectivity index (χ1v) is 11.5. The lowest BCUT2D eigenvalue weighted by Gasteiger charge is -2.23. The predicted octanol–water partition coefficient (Wildman–Crippen LogP) is 3.50. The average Bonchev–Trinajstić information content (AvgIpc) is 3.38. The molecule has 1 aliphatic heterocycles. The number of amides is 1. The molecule has 1 aliphatic rings. The smallest absolute Gasteiger partial charge is 0.314 e. The van der Waals surface area contributed by atoms with Gasteiger partial charge in [0, 0.05) is 25.6 Å². The summed E-state index contributed by atoms with van der Waals surface area (Å²) in [7, 11) is -3.60. The Hall–Kier alpha value is -3.34. The number of aromatic nitrogens is 2. The van der Waals surface area contributed by atoms with E-state index < -0.39 is 22.3 Å². The number of hydrogen-bond acceptors (Lipinski definition) is 6. The largest absolute Gasteiger partial charge is 0.415 e. The van der Waals surface area contributed by atoms with Crippen LogP contribution in [0.4, 0.5) is 14.5 Å². The summed E-state index contributed by atoms with van der Waals surface area (Å²) in [6.45, 7) is 2.52. The number of nitrogens with zero attached hydrogens (tertiary/aromatic N) is 4. The molecule has 0 saturated carbocycles. The minimum Gasteiger partial charge on any atom is -0.415 e. The summed E-state index contributed by atoms with van der Waals surface area (Å²) in [5.74, 6) is -0.836. The highest BCUT2D eigenvalue weighted by Crippen LogP contribution is 2.30. The van der Waals surface area contributed by atoms with Crippen LogP contribution in [0.1, 0.15) is 35.9 Å². The number of halogens is 2. The molecule has 168 valence electrons. The zero-order valence-electron chi connectivity index (χ0n) is 17.3. The molecule has 0 atom stereocenters. The number of sulfonamides is 1. The molecule has 0 N–H and O–H groups in total. The summed E-state index contributed by atoms with van der Waals surface area (Å²) >= 11 is 0. The molecule has 32 heavy (non-hydrogen) atoms. The van der Waals surface area contributed by atoms with E-state index in [0.717, 1.165) is 17.4 Å². The van der Waals surface area contributed by atoms with Gasteiger partial charge in [-0.15, -0.1) is 10.2 Å². The Morgan fingerprint density at radius 3 is 2.41 bits per heavy atom. The third-order valence-electron chi connectivity index (χ3n) is 5.20. The van der Waals surface area contributed by atoms with Crippen LogP contribution in [0.3, 0.4) is 0 Å². The van der Waals surface area contributed by atoms with Crippen LogP contribution in [-0.2, 0) is 34.5 Å². The number of fused-ring (bicyclic) bond motifs is 1. The van der Waals surface area contributed by atoms with E-state index >= 15 is 0 Å². The number of benzene rings is 2. The van der Waals surface area contributed by atoms with Gasteiger partial charge in [-0.3, -0.25) is 9.10 Å². The Morgan fingerprint density at radius 2 is 1.81 bits per heavy atom. The van der Waals surface area contributed by atoms with Crippen molar-refractivity contribution < 1.29 is 26.4 Å². The summed E-state index contributed by atoms with van der Waals surface area (Å²) < 4.78 is 56.5. The summed E-state index contributed by atoms with van der Waals surface area (Å²) in [5, 5.41) is 6.91. The lowest BCUT2D eigenvalue weighted by Crippen LogP contribution is -2.29. The Labute approximate surface area is 183 Å². The lowest BCUT2D eigenvalue weighted by molar-refractivity contribution is -0.129. The van der Waals surface area contributed by atoms with Crippen molar-refractivity contribution in [3.05, 3.63) is 65.0 Å². The Balaban J connectivity index is 1.57. The van der Waals surface area contributed by atoms with Crippen LogP contribution < -0.4 is 4.31 Å². The van der Waals surface area contributed by atoms with E-state index in [9.17, 15) is 22.0 Å². The summed E-state index contributed by atoms with van der Waals surface area (Å²) in [6, 6.07) is 11.9. The zero-order valence-corrected chi connectivity index (χ0v) is 18.1. The minimum atomic E-state index is -3.60. The molecule has 0 bridgehead atoms. The van der Waals surface area contributed by atoms with Crippen LogP contribution in [0.2, 0.25) is 0 Å². The van der Waals surface area contributed by atoms with Crippen LogP contribution in [0.25, 0.3) is 11.5 Å². The molecule has 1 amide bonds.